The van der Waals surface area contributed by atoms with Gasteiger partial charge in [-0.15, -0.1) is 0 Å². The lowest BCUT2D eigenvalue weighted by atomic mass is 9.46. The number of rotatable bonds is 3. The van der Waals surface area contributed by atoms with Crippen LogP contribution in [0.25, 0.3) is 0 Å². The van der Waals surface area contributed by atoms with Gasteiger partial charge in [-0.3, -0.25) is 4.79 Å². The van der Waals surface area contributed by atoms with Crippen molar-refractivity contribution in [3.8, 4) is 5.75 Å². The van der Waals surface area contributed by atoms with E-state index >= 15 is 0 Å². The molecule has 1 saturated heterocycles. The first-order valence-corrected chi connectivity index (χ1v) is 11.3. The lowest BCUT2D eigenvalue weighted by Crippen LogP contribution is -2.58. The molecule has 1 aromatic carbocycles. The Kier molecular flexibility index (Phi) is 3.37. The predicted molar refractivity (Wildman–Crippen MR) is 109 cm³/mol. The summed E-state index contributed by atoms with van der Waals surface area (Å²) in [4.78, 5) is 13.5. The number of fused-ring (bicyclic) bond motifs is 2. The number of hydroxylamine groups is 2. The third kappa shape index (κ3) is 2.01. The van der Waals surface area contributed by atoms with Crippen LogP contribution < -0.4 is 9.38 Å². The molecule has 5 atom stereocenters. The zero-order valence-electron chi connectivity index (χ0n) is 17.1. The van der Waals surface area contributed by atoms with Gasteiger partial charge in [-0.2, -0.15) is 0 Å². The molecular formula is C24H31NO3. The molecule has 0 N–H and O–H groups in total. The molecular weight excluding hydrogens is 350 g/mol. The van der Waals surface area contributed by atoms with Gasteiger partial charge in [0.2, 0.25) is 0 Å². The second-order valence-electron chi connectivity index (χ2n) is 10.8. The topological polar surface area (TPSA) is 49.4 Å². The lowest BCUT2D eigenvalue weighted by Gasteiger charge is -2.56. The van der Waals surface area contributed by atoms with Crippen molar-refractivity contribution < 1.29 is 9.53 Å². The van der Waals surface area contributed by atoms with E-state index in [4.69, 9.17) is 4.74 Å². The summed E-state index contributed by atoms with van der Waals surface area (Å²) in [5.74, 6) is 3.09. The van der Waals surface area contributed by atoms with Crippen molar-refractivity contribution in [2.75, 3.05) is 13.1 Å². The highest BCUT2D eigenvalue weighted by atomic mass is 16.5. The summed E-state index contributed by atoms with van der Waals surface area (Å²) in [6.45, 7) is 5.29. The second kappa shape index (κ2) is 5.40. The molecule has 4 nitrogen and oxygen atoms in total. The smallest absolute Gasteiger partial charge is 0.318 e. The van der Waals surface area contributed by atoms with Gasteiger partial charge in [0.15, 0.2) is 0 Å². The average Bonchev–Trinajstić information content (AvgIpc) is 3.22. The second-order valence-corrected chi connectivity index (χ2v) is 10.8. The van der Waals surface area contributed by atoms with E-state index in [0.29, 0.717) is 18.8 Å². The van der Waals surface area contributed by atoms with Crippen molar-refractivity contribution in [1.82, 2.24) is 4.65 Å². The Morgan fingerprint density at radius 2 is 1.71 bits per heavy atom. The number of hydrogen-bond donors (Lipinski definition) is 0. The highest BCUT2D eigenvalue weighted by Crippen LogP contribution is 2.81. The Morgan fingerprint density at radius 1 is 1.04 bits per heavy atom. The minimum absolute atomic E-state index is 0.0277. The van der Waals surface area contributed by atoms with E-state index in [0.717, 1.165) is 60.3 Å². The fourth-order valence-corrected chi connectivity index (χ4v) is 8.37. The molecule has 1 spiro atoms. The van der Waals surface area contributed by atoms with Crippen LogP contribution in [0.15, 0.2) is 12.1 Å². The number of esters is 1. The van der Waals surface area contributed by atoms with Crippen LogP contribution in [0.2, 0.25) is 0 Å². The van der Waals surface area contributed by atoms with Crippen LogP contribution in [-0.4, -0.2) is 19.1 Å². The Labute approximate surface area is 167 Å². The van der Waals surface area contributed by atoms with Crippen LogP contribution in [0.3, 0.4) is 0 Å². The van der Waals surface area contributed by atoms with E-state index < -0.39 is 0 Å². The highest BCUT2D eigenvalue weighted by molar-refractivity contribution is 5.83. The van der Waals surface area contributed by atoms with Gasteiger partial charge in [0.05, 0.1) is 18.5 Å². The molecule has 4 aliphatic carbocycles. The van der Waals surface area contributed by atoms with Crippen molar-refractivity contribution in [3.05, 3.63) is 28.5 Å². The molecule has 0 amide bonds. The number of carbonyl (C=O) groups is 1. The Morgan fingerprint density at radius 3 is 2.43 bits per heavy atom. The summed E-state index contributed by atoms with van der Waals surface area (Å²) in [5, 5.41) is 13.0. The quantitative estimate of drug-likeness (QED) is 0.319. The lowest BCUT2D eigenvalue weighted by molar-refractivity contribution is -0.176. The summed E-state index contributed by atoms with van der Waals surface area (Å²) in [6.07, 6.45) is 9.29. The molecule has 4 saturated carbocycles. The molecule has 1 aliphatic heterocycles. The standard InChI is InChI=1S/C24H31NO3/c1-15-7-20(25(27)5-3-4-6-25)8-16(2)21(15)28-22(26)24-13-18-9-17-10-19(14-24)23(24,11-17)12-18/h7-8,17-19H,3-6,9-14H2,1-2H3. The number of ether oxygens (including phenoxy) is 1. The SMILES string of the molecule is Cc1cc([N+]2([O-])CCCC2)cc(C)c1OC(=O)C12CC3CC4CC(C1)C2(C4)C3. The normalized spacial score (nSPS) is 41.8. The molecule has 3 bridgehead atoms. The van der Waals surface area contributed by atoms with E-state index in [1.165, 1.54) is 25.7 Å². The predicted octanol–water partition coefficient (Wildman–Crippen LogP) is 5.02. The third-order valence-corrected chi connectivity index (χ3v) is 9.35. The maximum absolute atomic E-state index is 13.5. The van der Waals surface area contributed by atoms with Gasteiger partial charge >= 0.3 is 5.97 Å². The van der Waals surface area contributed by atoms with Gasteiger partial charge < -0.3 is 14.6 Å². The fourth-order valence-electron chi connectivity index (χ4n) is 8.37. The van der Waals surface area contributed by atoms with Crippen molar-refractivity contribution >= 4 is 11.7 Å². The molecule has 0 aromatic heterocycles. The molecule has 1 heterocycles. The van der Waals surface area contributed by atoms with Crippen LogP contribution in [-0.2, 0) is 4.79 Å². The zero-order chi connectivity index (χ0) is 19.3. The van der Waals surface area contributed by atoms with Gasteiger partial charge in [-0.1, -0.05) is 0 Å². The molecule has 4 heteroatoms. The number of quaternary nitrogens is 1. The van der Waals surface area contributed by atoms with Crippen LogP contribution in [0.1, 0.15) is 62.5 Å². The third-order valence-electron chi connectivity index (χ3n) is 9.35. The summed E-state index contributed by atoms with van der Waals surface area (Å²) in [5.41, 5.74) is 2.73. The van der Waals surface area contributed by atoms with Crippen LogP contribution in [0, 0.1) is 47.6 Å². The minimum Gasteiger partial charge on any atom is -0.627 e. The summed E-state index contributed by atoms with van der Waals surface area (Å²) in [6, 6.07) is 3.93. The number of hydrogen-bond acceptors (Lipinski definition) is 3. The van der Waals surface area contributed by atoms with Crippen molar-refractivity contribution in [2.24, 2.45) is 28.6 Å². The van der Waals surface area contributed by atoms with Gasteiger partial charge in [0.1, 0.15) is 11.4 Å². The van der Waals surface area contributed by atoms with Gasteiger partial charge in [-0.25, -0.2) is 0 Å². The average molecular weight is 382 g/mol. The van der Waals surface area contributed by atoms with Crippen LogP contribution >= 0.6 is 0 Å². The first-order valence-electron chi connectivity index (χ1n) is 11.3. The van der Waals surface area contributed by atoms with Crippen LogP contribution in [0.5, 0.6) is 5.75 Å². The number of benzene rings is 1. The molecule has 0 radical (unpaired) electrons. The van der Waals surface area contributed by atoms with Crippen LogP contribution in [0.4, 0.5) is 5.69 Å². The van der Waals surface area contributed by atoms with Crippen molar-refractivity contribution in [3.63, 3.8) is 0 Å². The monoisotopic (exact) mass is 381 g/mol. The van der Waals surface area contributed by atoms with Crippen molar-refractivity contribution in [1.29, 1.82) is 0 Å². The fraction of sp³-hybridized carbons (Fsp3) is 0.708. The number of aryl methyl sites for hydroxylation is 2. The highest BCUT2D eigenvalue weighted by Gasteiger charge is 2.77. The van der Waals surface area contributed by atoms with Crippen molar-refractivity contribution in [2.45, 2.75) is 65.2 Å². The summed E-state index contributed by atoms with van der Waals surface area (Å²) >= 11 is 0. The molecule has 150 valence electrons. The van der Waals surface area contributed by atoms with E-state index in [1.54, 1.807) is 0 Å². The maximum Gasteiger partial charge on any atom is 0.318 e. The number of carbonyl (C=O) groups excluding carboxylic acids is 1. The first-order chi connectivity index (χ1) is 13.4. The molecule has 5 unspecified atom stereocenters. The maximum atomic E-state index is 13.5. The number of nitrogens with zero attached hydrogens (tertiary/aromatic N) is 1. The molecule has 6 rings (SSSR count). The first kappa shape index (κ1) is 17.5. The van der Waals surface area contributed by atoms with Gasteiger partial charge in [0, 0.05) is 25.0 Å². The van der Waals surface area contributed by atoms with E-state index in [-0.39, 0.29) is 21.4 Å². The molecule has 1 aromatic rings. The minimum atomic E-state index is -0.228. The van der Waals surface area contributed by atoms with E-state index in [2.05, 4.69) is 0 Å². The van der Waals surface area contributed by atoms with E-state index in [1.807, 2.05) is 26.0 Å². The summed E-state index contributed by atoms with van der Waals surface area (Å²) in [7, 11) is 0. The zero-order valence-corrected chi connectivity index (χ0v) is 17.1. The molecule has 5 aliphatic rings. The Bertz CT molecular complexity index is 844. The largest absolute Gasteiger partial charge is 0.627 e. The van der Waals surface area contributed by atoms with Gasteiger partial charge in [0.25, 0.3) is 0 Å². The molecule has 28 heavy (non-hydrogen) atoms. The Hall–Kier alpha value is -1.39. The van der Waals surface area contributed by atoms with Gasteiger partial charge in [-0.05, 0) is 86.7 Å². The Balaban J connectivity index is 1.30. The summed E-state index contributed by atoms with van der Waals surface area (Å²) < 4.78 is 5.93. The molecule has 5 fully saturated rings. The van der Waals surface area contributed by atoms with E-state index in [9.17, 15) is 10.0 Å².